The lowest BCUT2D eigenvalue weighted by atomic mass is 10.1. The SMILES string of the molecule is NN/N=C(\N)c1c(F)c(Cl)cc2cc[nH]c12. The number of amidine groups is 1. The molecule has 0 aliphatic heterocycles. The number of aromatic amines is 1. The minimum absolute atomic E-state index is 0.0164. The summed E-state index contributed by atoms with van der Waals surface area (Å²) in [6.45, 7) is 0. The Kier molecular flexibility index (Phi) is 2.67. The number of rotatable bonds is 2. The smallest absolute Gasteiger partial charge is 0.157 e. The minimum atomic E-state index is -0.631. The van der Waals surface area contributed by atoms with Gasteiger partial charge in [-0.15, -0.1) is 5.10 Å². The number of hydrazine groups is 1. The second-order valence-electron chi connectivity index (χ2n) is 3.12. The average Bonchev–Trinajstić information content (AvgIpc) is 2.67. The monoisotopic (exact) mass is 241 g/mol. The lowest BCUT2D eigenvalue weighted by molar-refractivity contribution is 0.626. The zero-order valence-corrected chi connectivity index (χ0v) is 8.85. The molecule has 0 unspecified atom stereocenters. The van der Waals surface area contributed by atoms with Gasteiger partial charge in [-0.1, -0.05) is 11.6 Å². The van der Waals surface area contributed by atoms with Gasteiger partial charge in [0, 0.05) is 11.6 Å². The van der Waals surface area contributed by atoms with Crippen molar-refractivity contribution in [1.29, 1.82) is 0 Å². The zero-order valence-electron chi connectivity index (χ0n) is 8.09. The van der Waals surface area contributed by atoms with Crippen LogP contribution < -0.4 is 17.1 Å². The quantitative estimate of drug-likeness (QED) is 0.274. The van der Waals surface area contributed by atoms with E-state index in [0.29, 0.717) is 5.52 Å². The van der Waals surface area contributed by atoms with Crippen LogP contribution in [-0.2, 0) is 0 Å². The molecule has 2 rings (SSSR count). The van der Waals surface area contributed by atoms with Gasteiger partial charge in [0.2, 0.25) is 0 Å². The van der Waals surface area contributed by atoms with Crippen LogP contribution in [0.5, 0.6) is 0 Å². The molecule has 0 fully saturated rings. The van der Waals surface area contributed by atoms with E-state index < -0.39 is 5.82 Å². The summed E-state index contributed by atoms with van der Waals surface area (Å²) < 4.78 is 13.8. The van der Waals surface area contributed by atoms with E-state index in [1.165, 1.54) is 6.07 Å². The fourth-order valence-electron chi connectivity index (χ4n) is 1.51. The van der Waals surface area contributed by atoms with E-state index in [1.54, 1.807) is 12.3 Å². The Morgan fingerprint density at radius 1 is 1.56 bits per heavy atom. The van der Waals surface area contributed by atoms with Crippen LogP contribution in [0.1, 0.15) is 5.56 Å². The molecule has 1 aromatic carbocycles. The summed E-state index contributed by atoms with van der Waals surface area (Å²) >= 11 is 5.74. The van der Waals surface area contributed by atoms with Crippen molar-refractivity contribution in [2.24, 2.45) is 16.7 Å². The van der Waals surface area contributed by atoms with E-state index in [9.17, 15) is 4.39 Å². The number of halogens is 2. The average molecular weight is 242 g/mol. The van der Waals surface area contributed by atoms with Gasteiger partial charge in [-0.3, -0.25) is 0 Å². The fourth-order valence-corrected chi connectivity index (χ4v) is 1.73. The van der Waals surface area contributed by atoms with Crippen molar-refractivity contribution in [1.82, 2.24) is 10.5 Å². The number of benzene rings is 1. The van der Waals surface area contributed by atoms with E-state index >= 15 is 0 Å². The molecule has 0 radical (unpaired) electrons. The number of nitrogens with one attached hydrogen (secondary N) is 2. The molecule has 7 heteroatoms. The first-order chi connectivity index (χ1) is 7.65. The fraction of sp³-hybridized carbons (Fsp3) is 0. The first kappa shape index (κ1) is 10.7. The molecule has 0 aliphatic rings. The Balaban J connectivity index is 2.79. The third kappa shape index (κ3) is 1.58. The molecule has 0 atom stereocenters. The number of nitrogens with two attached hydrogens (primary N) is 2. The molecule has 16 heavy (non-hydrogen) atoms. The van der Waals surface area contributed by atoms with Crippen LogP contribution in [0.25, 0.3) is 10.9 Å². The molecular weight excluding hydrogens is 233 g/mol. The van der Waals surface area contributed by atoms with Crippen molar-refractivity contribution < 1.29 is 4.39 Å². The molecule has 0 bridgehead atoms. The predicted molar refractivity (Wildman–Crippen MR) is 61.3 cm³/mol. The summed E-state index contributed by atoms with van der Waals surface area (Å²) in [5, 5.41) is 4.26. The second kappa shape index (κ2) is 3.99. The zero-order chi connectivity index (χ0) is 11.7. The van der Waals surface area contributed by atoms with Gasteiger partial charge in [0.05, 0.1) is 16.1 Å². The number of hydrogen-bond donors (Lipinski definition) is 4. The number of nitrogens with zero attached hydrogens (tertiary/aromatic N) is 1. The standard InChI is InChI=1S/C9H9ClFN5/c10-5-3-4-1-2-14-8(4)6(7(5)11)9(12)15-16-13/h1-3,14,16H,13H2,(H2,12,15). The molecule has 5 nitrogen and oxygen atoms in total. The van der Waals surface area contributed by atoms with E-state index in [2.05, 4.69) is 10.1 Å². The third-order valence-electron chi connectivity index (χ3n) is 2.18. The van der Waals surface area contributed by atoms with Gasteiger partial charge < -0.3 is 10.7 Å². The summed E-state index contributed by atoms with van der Waals surface area (Å²) in [7, 11) is 0. The van der Waals surface area contributed by atoms with Crippen LogP contribution in [0, 0.1) is 5.82 Å². The maximum Gasteiger partial charge on any atom is 0.157 e. The number of aromatic nitrogens is 1. The van der Waals surface area contributed by atoms with E-state index in [0.717, 1.165) is 5.39 Å². The van der Waals surface area contributed by atoms with Gasteiger partial charge >= 0.3 is 0 Å². The molecule has 0 aliphatic carbocycles. The molecule has 0 saturated heterocycles. The van der Waals surface area contributed by atoms with Gasteiger partial charge in [0.15, 0.2) is 11.7 Å². The summed E-state index contributed by atoms with van der Waals surface area (Å²) in [6, 6.07) is 3.27. The molecular formula is C9H9ClFN5. The normalized spacial score (nSPS) is 12.1. The van der Waals surface area contributed by atoms with Crippen molar-refractivity contribution in [3.05, 3.63) is 34.7 Å². The first-order valence-electron chi connectivity index (χ1n) is 4.39. The molecule has 2 aromatic rings. The molecule has 84 valence electrons. The number of hydrazone groups is 1. The summed E-state index contributed by atoms with van der Waals surface area (Å²) in [6.07, 6.45) is 1.66. The van der Waals surface area contributed by atoms with Gasteiger partial charge in [0.1, 0.15) is 0 Å². The molecule has 6 N–H and O–H groups in total. The molecule has 1 heterocycles. The van der Waals surface area contributed by atoms with Crippen molar-refractivity contribution in [3.8, 4) is 0 Å². The molecule has 0 amide bonds. The van der Waals surface area contributed by atoms with E-state index in [-0.39, 0.29) is 16.4 Å². The van der Waals surface area contributed by atoms with Crippen LogP contribution in [0.4, 0.5) is 4.39 Å². The lowest BCUT2D eigenvalue weighted by Crippen LogP contribution is -2.24. The minimum Gasteiger partial charge on any atom is -0.382 e. The highest BCUT2D eigenvalue weighted by Gasteiger charge is 2.16. The van der Waals surface area contributed by atoms with Crippen molar-refractivity contribution in [3.63, 3.8) is 0 Å². The van der Waals surface area contributed by atoms with Crippen LogP contribution in [0.2, 0.25) is 5.02 Å². The van der Waals surface area contributed by atoms with Gasteiger partial charge in [-0.2, -0.15) is 0 Å². The van der Waals surface area contributed by atoms with Crippen molar-refractivity contribution in [2.75, 3.05) is 0 Å². The highest BCUT2D eigenvalue weighted by atomic mass is 35.5. The highest BCUT2D eigenvalue weighted by molar-refractivity contribution is 6.32. The molecule has 0 saturated carbocycles. The van der Waals surface area contributed by atoms with Crippen LogP contribution in [0.15, 0.2) is 23.4 Å². The lowest BCUT2D eigenvalue weighted by Gasteiger charge is -2.06. The van der Waals surface area contributed by atoms with Crippen molar-refractivity contribution in [2.45, 2.75) is 0 Å². The molecule has 0 spiro atoms. The summed E-state index contributed by atoms with van der Waals surface area (Å²) in [5.74, 6) is 4.29. The number of hydrogen-bond acceptors (Lipinski definition) is 3. The number of H-pyrrole nitrogens is 1. The van der Waals surface area contributed by atoms with Gasteiger partial charge in [0.25, 0.3) is 0 Å². The maximum absolute atomic E-state index is 13.8. The highest BCUT2D eigenvalue weighted by Crippen LogP contribution is 2.26. The van der Waals surface area contributed by atoms with E-state index in [4.69, 9.17) is 23.2 Å². The van der Waals surface area contributed by atoms with Crippen molar-refractivity contribution >= 4 is 28.3 Å². The van der Waals surface area contributed by atoms with Gasteiger partial charge in [-0.05, 0) is 12.1 Å². The second-order valence-corrected chi connectivity index (χ2v) is 3.52. The Morgan fingerprint density at radius 3 is 3.00 bits per heavy atom. The third-order valence-corrected chi connectivity index (χ3v) is 2.46. The largest absolute Gasteiger partial charge is 0.382 e. The molecule has 1 aromatic heterocycles. The van der Waals surface area contributed by atoms with E-state index in [1.807, 2.05) is 5.53 Å². The Hall–Kier alpha value is -1.79. The number of fused-ring (bicyclic) bond motifs is 1. The Labute approximate surface area is 95.2 Å². The predicted octanol–water partition coefficient (Wildman–Crippen LogP) is 1.04. The Bertz CT molecular complexity index is 562. The first-order valence-corrected chi connectivity index (χ1v) is 4.77. The van der Waals surface area contributed by atoms with Crippen LogP contribution in [-0.4, -0.2) is 10.8 Å². The summed E-state index contributed by atoms with van der Waals surface area (Å²) in [5.41, 5.74) is 8.23. The maximum atomic E-state index is 13.8. The summed E-state index contributed by atoms with van der Waals surface area (Å²) in [4.78, 5) is 2.87. The Morgan fingerprint density at radius 2 is 2.31 bits per heavy atom. The van der Waals surface area contributed by atoms with Crippen LogP contribution in [0.3, 0.4) is 0 Å². The topological polar surface area (TPSA) is 92.2 Å². The van der Waals surface area contributed by atoms with Gasteiger partial charge in [-0.25, -0.2) is 15.8 Å². The van der Waals surface area contributed by atoms with Crippen LogP contribution >= 0.6 is 11.6 Å².